The summed E-state index contributed by atoms with van der Waals surface area (Å²) in [7, 11) is 0. The predicted octanol–water partition coefficient (Wildman–Crippen LogP) is 3.84. The largest absolute Gasteiger partial charge is 0.477 e. The number of fused-ring (bicyclic) bond motifs is 1. The van der Waals surface area contributed by atoms with Crippen LogP contribution in [0.25, 0.3) is 11.1 Å². The average Bonchev–Trinajstić information content (AvgIpc) is 2.77. The molecular formula is C14H12O2S. The van der Waals surface area contributed by atoms with E-state index in [2.05, 4.69) is 24.8 Å². The van der Waals surface area contributed by atoms with E-state index in [1.807, 2.05) is 6.08 Å². The van der Waals surface area contributed by atoms with Gasteiger partial charge in [0.1, 0.15) is 4.88 Å². The third kappa shape index (κ3) is 2.82. The van der Waals surface area contributed by atoms with Gasteiger partial charge in [-0.05, 0) is 40.6 Å². The smallest absolute Gasteiger partial charge is 0.345 e. The van der Waals surface area contributed by atoms with Crippen molar-refractivity contribution in [3.8, 4) is 11.1 Å². The molecule has 0 radical (unpaired) electrons. The third-order valence-corrected chi connectivity index (χ3v) is 3.29. The van der Waals surface area contributed by atoms with Gasteiger partial charge in [-0.2, -0.15) is 0 Å². The Bertz CT molecular complexity index is 541. The molecule has 0 unspecified atom stereocenters. The molecule has 17 heavy (non-hydrogen) atoms. The summed E-state index contributed by atoms with van der Waals surface area (Å²) < 4.78 is 0. The predicted molar refractivity (Wildman–Crippen MR) is 70.6 cm³/mol. The molecule has 1 aromatic heterocycles. The number of thiophene rings is 1. The van der Waals surface area contributed by atoms with Gasteiger partial charge in [-0.3, -0.25) is 0 Å². The molecule has 3 heteroatoms. The van der Waals surface area contributed by atoms with E-state index in [0.29, 0.717) is 4.88 Å². The molecule has 0 saturated carbocycles. The van der Waals surface area contributed by atoms with Gasteiger partial charge in [0, 0.05) is 0 Å². The molecule has 0 saturated heterocycles. The second-order valence-corrected chi connectivity index (χ2v) is 4.59. The standard InChI is InChI=1S/C9H8.C5H4O2S/c1-2-3-7-4-5-8-6-9(7)8;6-5(7)4-2-1-3-8-4/h2,4-6H,1,3H2;1-3H,(H,6,7). The van der Waals surface area contributed by atoms with Crippen molar-refractivity contribution in [2.24, 2.45) is 0 Å². The van der Waals surface area contributed by atoms with Gasteiger partial charge in [0.15, 0.2) is 0 Å². The van der Waals surface area contributed by atoms with Crippen molar-refractivity contribution in [1.29, 1.82) is 0 Å². The molecule has 0 bridgehead atoms. The van der Waals surface area contributed by atoms with Crippen LogP contribution in [0.15, 0.2) is 48.4 Å². The van der Waals surface area contributed by atoms with Crippen LogP contribution >= 0.6 is 11.3 Å². The second-order valence-electron chi connectivity index (χ2n) is 3.65. The minimum Gasteiger partial charge on any atom is -0.477 e. The van der Waals surface area contributed by atoms with E-state index in [4.69, 9.17) is 5.11 Å². The molecule has 1 heterocycles. The normalized spacial score (nSPS) is 10.1. The number of hydrogen-bond acceptors (Lipinski definition) is 2. The summed E-state index contributed by atoms with van der Waals surface area (Å²) in [5.41, 5.74) is 4.31. The van der Waals surface area contributed by atoms with E-state index in [0.717, 1.165) is 6.42 Å². The highest BCUT2D eigenvalue weighted by molar-refractivity contribution is 7.11. The maximum Gasteiger partial charge on any atom is 0.345 e. The quantitative estimate of drug-likeness (QED) is 0.711. The molecule has 1 N–H and O–H groups in total. The van der Waals surface area contributed by atoms with Crippen molar-refractivity contribution in [2.75, 3.05) is 0 Å². The molecule has 0 aliphatic heterocycles. The molecule has 2 aliphatic rings. The molecular weight excluding hydrogens is 232 g/mol. The lowest BCUT2D eigenvalue weighted by Crippen LogP contribution is -1.89. The van der Waals surface area contributed by atoms with Crippen LogP contribution < -0.4 is 0 Å². The number of rotatable bonds is 3. The Labute approximate surface area is 104 Å². The minimum atomic E-state index is -0.847. The van der Waals surface area contributed by atoms with Crippen molar-refractivity contribution in [2.45, 2.75) is 6.42 Å². The minimum absolute atomic E-state index is 0.394. The SMILES string of the molecule is C=CCc1ccc2cc1-2.O=C(O)c1cccs1. The Hall–Kier alpha value is -1.87. The summed E-state index contributed by atoms with van der Waals surface area (Å²) in [6.07, 6.45) is 2.97. The van der Waals surface area contributed by atoms with Crippen molar-refractivity contribution in [1.82, 2.24) is 0 Å². The van der Waals surface area contributed by atoms with E-state index in [1.54, 1.807) is 17.5 Å². The van der Waals surface area contributed by atoms with Gasteiger partial charge in [-0.15, -0.1) is 17.9 Å². The van der Waals surface area contributed by atoms with Gasteiger partial charge in [0.05, 0.1) is 0 Å². The number of carboxylic acids is 1. The third-order valence-electron chi connectivity index (χ3n) is 2.43. The van der Waals surface area contributed by atoms with Gasteiger partial charge >= 0.3 is 5.97 Å². The van der Waals surface area contributed by atoms with Crippen LogP contribution in [0.3, 0.4) is 0 Å². The molecule has 2 aliphatic carbocycles. The lowest BCUT2D eigenvalue weighted by atomic mass is 10.2. The maximum absolute atomic E-state index is 10.1. The summed E-state index contributed by atoms with van der Waals surface area (Å²) in [4.78, 5) is 10.5. The lowest BCUT2D eigenvalue weighted by molar-refractivity contribution is 0.0702. The number of allylic oxidation sites excluding steroid dienone is 1. The van der Waals surface area contributed by atoms with E-state index in [1.165, 1.54) is 28.0 Å². The van der Waals surface area contributed by atoms with Crippen LogP contribution in [-0.2, 0) is 6.42 Å². The van der Waals surface area contributed by atoms with Crippen molar-refractivity contribution < 1.29 is 9.90 Å². The fourth-order valence-corrected chi connectivity index (χ4v) is 2.11. The highest BCUT2D eigenvalue weighted by Crippen LogP contribution is 2.38. The van der Waals surface area contributed by atoms with Gasteiger partial charge in [0.2, 0.25) is 0 Å². The molecule has 3 rings (SSSR count). The second kappa shape index (κ2) is 4.97. The van der Waals surface area contributed by atoms with Gasteiger partial charge in [-0.1, -0.05) is 24.3 Å². The fourth-order valence-electron chi connectivity index (χ4n) is 1.55. The zero-order valence-corrected chi connectivity index (χ0v) is 10.0. The summed E-state index contributed by atoms with van der Waals surface area (Å²) in [6.45, 7) is 3.69. The zero-order chi connectivity index (χ0) is 12.3. The van der Waals surface area contributed by atoms with E-state index >= 15 is 0 Å². The number of carboxylic acid groups (broad SMARTS) is 1. The Morgan fingerprint density at radius 3 is 2.59 bits per heavy atom. The molecule has 0 amide bonds. The van der Waals surface area contributed by atoms with Gasteiger partial charge in [0.25, 0.3) is 0 Å². The Kier molecular flexibility index (Phi) is 3.40. The van der Waals surface area contributed by atoms with Crippen LogP contribution in [0, 0.1) is 0 Å². The molecule has 2 nitrogen and oxygen atoms in total. The fraction of sp³-hybridized carbons (Fsp3) is 0.0714. The number of benzene rings is 1. The topological polar surface area (TPSA) is 37.3 Å². The van der Waals surface area contributed by atoms with Crippen LogP contribution in [0.1, 0.15) is 15.2 Å². The zero-order valence-electron chi connectivity index (χ0n) is 9.22. The number of carbonyl (C=O) groups is 1. The maximum atomic E-state index is 10.1. The summed E-state index contributed by atoms with van der Waals surface area (Å²) >= 11 is 1.23. The highest BCUT2D eigenvalue weighted by atomic mass is 32.1. The monoisotopic (exact) mass is 244 g/mol. The number of aromatic carboxylic acids is 1. The first-order chi connectivity index (χ1) is 8.22. The molecule has 0 fully saturated rings. The highest BCUT2D eigenvalue weighted by Gasteiger charge is 2.14. The van der Waals surface area contributed by atoms with E-state index in [-0.39, 0.29) is 0 Å². The molecule has 0 spiro atoms. The van der Waals surface area contributed by atoms with Crippen LogP contribution in [0.5, 0.6) is 0 Å². The molecule has 1 aromatic rings. The molecule has 86 valence electrons. The van der Waals surface area contributed by atoms with Crippen LogP contribution in [0.2, 0.25) is 0 Å². The number of hydrogen-bond donors (Lipinski definition) is 1. The Morgan fingerprint density at radius 1 is 1.41 bits per heavy atom. The summed E-state index contributed by atoms with van der Waals surface area (Å²) in [5, 5.41) is 10.0. The first-order valence-corrected chi connectivity index (χ1v) is 6.11. The Morgan fingerprint density at radius 2 is 2.24 bits per heavy atom. The summed E-state index contributed by atoms with van der Waals surface area (Å²) in [5.74, 6) is -0.847. The first-order valence-electron chi connectivity index (χ1n) is 5.23. The van der Waals surface area contributed by atoms with Gasteiger partial charge in [-0.25, -0.2) is 4.79 Å². The average molecular weight is 244 g/mol. The van der Waals surface area contributed by atoms with Gasteiger partial charge < -0.3 is 5.11 Å². The van der Waals surface area contributed by atoms with E-state index in [9.17, 15) is 4.79 Å². The summed E-state index contributed by atoms with van der Waals surface area (Å²) in [6, 6.07) is 9.83. The molecule has 0 aromatic carbocycles. The first kappa shape index (κ1) is 11.6. The van der Waals surface area contributed by atoms with Crippen molar-refractivity contribution in [3.63, 3.8) is 0 Å². The van der Waals surface area contributed by atoms with Crippen LogP contribution in [0.4, 0.5) is 0 Å². The van der Waals surface area contributed by atoms with E-state index < -0.39 is 5.97 Å². The molecule has 0 atom stereocenters. The van der Waals surface area contributed by atoms with Crippen LogP contribution in [-0.4, -0.2) is 11.1 Å². The lowest BCUT2D eigenvalue weighted by Gasteiger charge is -1.85. The Balaban J connectivity index is 0.000000128. The van der Waals surface area contributed by atoms with Crippen molar-refractivity contribution in [3.05, 3.63) is 58.8 Å². The van der Waals surface area contributed by atoms with Crippen molar-refractivity contribution >= 4 is 17.3 Å².